The number of aryl methyl sites for hydroxylation is 1. The highest BCUT2D eigenvalue weighted by Gasteiger charge is 2.31. The monoisotopic (exact) mass is 343 g/mol. The van der Waals surface area contributed by atoms with Gasteiger partial charge in [0.2, 0.25) is 0 Å². The first-order valence-electron chi connectivity index (χ1n) is 6.71. The Morgan fingerprint density at radius 2 is 1.79 bits per heavy atom. The number of carbonyl (C=O) groups excluding carboxylic acids is 1. The number of alkyl halides is 3. The molecule has 4 nitrogen and oxygen atoms in total. The molecular weight excluding hydrogens is 330 g/mol. The summed E-state index contributed by atoms with van der Waals surface area (Å²) in [7, 11) is 1.15. The van der Waals surface area contributed by atoms with Crippen molar-refractivity contribution < 1.29 is 31.8 Å². The third-order valence-electron chi connectivity index (χ3n) is 3.09. The van der Waals surface area contributed by atoms with Gasteiger partial charge in [-0.05, 0) is 42.8 Å². The van der Waals surface area contributed by atoms with E-state index in [1.54, 1.807) is 6.92 Å². The van der Waals surface area contributed by atoms with Crippen LogP contribution in [0.4, 0.5) is 28.9 Å². The second kappa shape index (κ2) is 6.77. The highest BCUT2D eigenvalue weighted by Crippen LogP contribution is 2.31. The van der Waals surface area contributed by atoms with E-state index >= 15 is 0 Å². The number of anilines is 2. The van der Waals surface area contributed by atoms with Crippen molar-refractivity contribution in [3.8, 4) is 5.75 Å². The van der Waals surface area contributed by atoms with E-state index in [0.717, 1.165) is 25.3 Å². The molecule has 0 heterocycles. The van der Waals surface area contributed by atoms with Gasteiger partial charge in [0.1, 0.15) is 11.6 Å². The van der Waals surface area contributed by atoms with Crippen molar-refractivity contribution >= 4 is 17.3 Å². The Morgan fingerprint density at radius 3 is 2.38 bits per heavy atom. The Balaban J connectivity index is 2.43. The molecule has 0 aliphatic carbocycles. The SMILES string of the molecule is COC(=O)c1ccc(OC(F)(F)F)cc1Nc1ccc(F)cc1C. The van der Waals surface area contributed by atoms with Gasteiger partial charge in [0, 0.05) is 11.8 Å². The van der Waals surface area contributed by atoms with Gasteiger partial charge in [0.25, 0.3) is 0 Å². The molecule has 128 valence electrons. The third-order valence-corrected chi connectivity index (χ3v) is 3.09. The van der Waals surface area contributed by atoms with E-state index in [2.05, 4.69) is 14.8 Å². The fraction of sp³-hybridized carbons (Fsp3) is 0.188. The second-order valence-electron chi connectivity index (χ2n) is 4.83. The number of halogens is 4. The van der Waals surface area contributed by atoms with Gasteiger partial charge < -0.3 is 14.8 Å². The highest BCUT2D eigenvalue weighted by atomic mass is 19.4. The molecule has 0 bridgehead atoms. The smallest absolute Gasteiger partial charge is 0.465 e. The molecule has 24 heavy (non-hydrogen) atoms. The summed E-state index contributed by atoms with van der Waals surface area (Å²) in [4.78, 5) is 11.8. The lowest BCUT2D eigenvalue weighted by Crippen LogP contribution is -2.17. The number of rotatable bonds is 4. The second-order valence-corrected chi connectivity index (χ2v) is 4.83. The molecule has 0 fully saturated rings. The topological polar surface area (TPSA) is 47.6 Å². The van der Waals surface area contributed by atoms with Crippen molar-refractivity contribution in [2.45, 2.75) is 13.3 Å². The van der Waals surface area contributed by atoms with E-state index in [1.165, 1.54) is 18.2 Å². The summed E-state index contributed by atoms with van der Waals surface area (Å²) in [5.41, 5.74) is 0.979. The van der Waals surface area contributed by atoms with Crippen molar-refractivity contribution in [1.29, 1.82) is 0 Å². The van der Waals surface area contributed by atoms with Gasteiger partial charge in [0.15, 0.2) is 0 Å². The third kappa shape index (κ3) is 4.37. The molecular formula is C16H13F4NO3. The molecule has 2 aromatic rings. The number of esters is 1. The van der Waals surface area contributed by atoms with Crippen LogP contribution in [-0.2, 0) is 4.74 Å². The summed E-state index contributed by atoms with van der Waals surface area (Å²) in [6.45, 7) is 1.61. The number of benzene rings is 2. The van der Waals surface area contributed by atoms with Gasteiger partial charge in [0.05, 0.1) is 18.4 Å². The Labute approximate surface area is 135 Å². The lowest BCUT2D eigenvalue weighted by atomic mass is 10.1. The summed E-state index contributed by atoms with van der Waals surface area (Å²) in [6.07, 6.45) is -4.87. The predicted molar refractivity (Wildman–Crippen MR) is 78.9 cm³/mol. The fourth-order valence-electron chi connectivity index (χ4n) is 2.02. The molecule has 2 rings (SSSR count). The van der Waals surface area contributed by atoms with Crippen molar-refractivity contribution in [3.05, 3.63) is 53.3 Å². The van der Waals surface area contributed by atoms with E-state index in [4.69, 9.17) is 0 Å². The summed E-state index contributed by atoms with van der Waals surface area (Å²) in [5.74, 6) is -1.70. The minimum atomic E-state index is -4.87. The molecule has 0 spiro atoms. The molecule has 0 amide bonds. The molecule has 8 heteroatoms. The average molecular weight is 343 g/mol. The fourth-order valence-corrected chi connectivity index (χ4v) is 2.02. The summed E-state index contributed by atoms with van der Waals surface area (Å²) in [6, 6.07) is 7.00. The van der Waals surface area contributed by atoms with Crippen LogP contribution in [0.3, 0.4) is 0 Å². The maximum atomic E-state index is 13.2. The van der Waals surface area contributed by atoms with Crippen LogP contribution < -0.4 is 10.1 Å². The lowest BCUT2D eigenvalue weighted by Gasteiger charge is -2.15. The van der Waals surface area contributed by atoms with Gasteiger partial charge in [-0.2, -0.15) is 0 Å². The van der Waals surface area contributed by atoms with Crippen LogP contribution in [0.15, 0.2) is 36.4 Å². The van der Waals surface area contributed by atoms with Crippen LogP contribution in [0.5, 0.6) is 5.75 Å². The molecule has 0 atom stereocenters. The first-order chi connectivity index (χ1) is 11.2. The van der Waals surface area contributed by atoms with Crippen LogP contribution >= 0.6 is 0 Å². The van der Waals surface area contributed by atoms with Gasteiger partial charge >= 0.3 is 12.3 Å². The summed E-state index contributed by atoms with van der Waals surface area (Å²) >= 11 is 0. The number of nitrogens with one attached hydrogen (secondary N) is 1. The number of carbonyl (C=O) groups is 1. The molecule has 0 aliphatic heterocycles. The lowest BCUT2D eigenvalue weighted by molar-refractivity contribution is -0.274. The zero-order valence-electron chi connectivity index (χ0n) is 12.7. The molecule has 0 saturated carbocycles. The Hall–Kier alpha value is -2.77. The first kappa shape index (κ1) is 17.6. The van der Waals surface area contributed by atoms with E-state index in [1.807, 2.05) is 0 Å². The maximum Gasteiger partial charge on any atom is 0.573 e. The van der Waals surface area contributed by atoms with Crippen molar-refractivity contribution in [1.82, 2.24) is 0 Å². The molecule has 0 saturated heterocycles. The number of hydrogen-bond donors (Lipinski definition) is 1. The Bertz CT molecular complexity index is 759. The molecule has 0 aliphatic rings. The molecule has 0 radical (unpaired) electrons. The standard InChI is InChI=1S/C16H13F4NO3/c1-9-7-10(17)3-6-13(9)21-14-8-11(24-16(18,19)20)4-5-12(14)15(22)23-2/h3-8,21H,1-2H3. The zero-order valence-corrected chi connectivity index (χ0v) is 12.7. The minimum Gasteiger partial charge on any atom is -0.465 e. The minimum absolute atomic E-state index is 0.00995. The number of ether oxygens (including phenoxy) is 2. The maximum absolute atomic E-state index is 13.2. The van der Waals surface area contributed by atoms with Gasteiger partial charge in [-0.25, -0.2) is 9.18 Å². The predicted octanol–water partition coefficient (Wildman–Crippen LogP) is 4.56. The largest absolute Gasteiger partial charge is 0.573 e. The molecule has 0 aromatic heterocycles. The van der Waals surface area contributed by atoms with Crippen LogP contribution in [0.1, 0.15) is 15.9 Å². The Kier molecular flexibility index (Phi) is 4.96. The van der Waals surface area contributed by atoms with Gasteiger partial charge in [-0.3, -0.25) is 0 Å². The quantitative estimate of drug-likeness (QED) is 0.653. The van der Waals surface area contributed by atoms with E-state index < -0.39 is 23.9 Å². The van der Waals surface area contributed by atoms with Gasteiger partial charge in [-0.1, -0.05) is 0 Å². The summed E-state index contributed by atoms with van der Waals surface area (Å²) in [5, 5.41) is 2.79. The molecule has 0 unspecified atom stereocenters. The van der Waals surface area contributed by atoms with E-state index in [-0.39, 0.29) is 11.3 Å². The highest BCUT2D eigenvalue weighted by molar-refractivity contribution is 5.97. The van der Waals surface area contributed by atoms with E-state index in [0.29, 0.717) is 11.3 Å². The van der Waals surface area contributed by atoms with Gasteiger partial charge in [-0.15, -0.1) is 13.2 Å². The number of hydrogen-bond acceptors (Lipinski definition) is 4. The normalized spacial score (nSPS) is 11.1. The first-order valence-corrected chi connectivity index (χ1v) is 6.71. The van der Waals surface area contributed by atoms with Crippen LogP contribution in [0, 0.1) is 12.7 Å². The molecule has 1 N–H and O–H groups in total. The van der Waals surface area contributed by atoms with Crippen molar-refractivity contribution in [2.75, 3.05) is 12.4 Å². The van der Waals surface area contributed by atoms with Crippen molar-refractivity contribution in [3.63, 3.8) is 0 Å². The Morgan fingerprint density at radius 1 is 1.08 bits per heavy atom. The average Bonchev–Trinajstić information content (AvgIpc) is 2.48. The molecule has 2 aromatic carbocycles. The number of methoxy groups -OCH3 is 1. The van der Waals surface area contributed by atoms with E-state index in [9.17, 15) is 22.4 Å². The van der Waals surface area contributed by atoms with Crippen LogP contribution in [-0.4, -0.2) is 19.4 Å². The van der Waals surface area contributed by atoms with Crippen molar-refractivity contribution in [2.24, 2.45) is 0 Å². The van der Waals surface area contributed by atoms with Crippen LogP contribution in [0.2, 0.25) is 0 Å². The van der Waals surface area contributed by atoms with Crippen LogP contribution in [0.25, 0.3) is 0 Å². The summed E-state index contributed by atoms with van der Waals surface area (Å²) < 4.78 is 58.7. The zero-order chi connectivity index (χ0) is 17.9.